The van der Waals surface area contributed by atoms with Gasteiger partial charge < -0.3 is 9.64 Å². The van der Waals surface area contributed by atoms with E-state index in [4.69, 9.17) is 4.74 Å². The second kappa shape index (κ2) is 9.41. The van der Waals surface area contributed by atoms with E-state index in [2.05, 4.69) is 4.72 Å². The van der Waals surface area contributed by atoms with Crippen LogP contribution >= 0.6 is 0 Å². The van der Waals surface area contributed by atoms with Crippen LogP contribution in [0.2, 0.25) is 0 Å². The number of benzene rings is 3. The van der Waals surface area contributed by atoms with Gasteiger partial charge in [-0.15, -0.1) is 0 Å². The Kier molecular flexibility index (Phi) is 6.68. The van der Waals surface area contributed by atoms with E-state index in [-0.39, 0.29) is 29.8 Å². The molecular weight excluding hydrogens is 407 g/mol. The maximum atomic E-state index is 13.7. The van der Waals surface area contributed by atoms with Gasteiger partial charge in [-0.1, -0.05) is 36.4 Å². The van der Waals surface area contributed by atoms with Gasteiger partial charge in [0.05, 0.1) is 4.90 Å². The normalized spacial score (nSPS) is 11.0. The number of halogens is 1. The largest absolute Gasteiger partial charge is 0.484 e. The number of nitrogens with zero attached hydrogens (tertiary/aromatic N) is 1. The van der Waals surface area contributed by atoms with Crippen LogP contribution < -0.4 is 9.46 Å². The van der Waals surface area contributed by atoms with Gasteiger partial charge in [-0.05, 0) is 42.5 Å². The zero-order valence-electron chi connectivity index (χ0n) is 16.3. The van der Waals surface area contributed by atoms with Gasteiger partial charge in [-0.2, -0.15) is 0 Å². The number of anilines is 1. The molecule has 8 heteroatoms. The first kappa shape index (κ1) is 21.3. The number of ether oxygens (including phenoxy) is 1. The van der Waals surface area contributed by atoms with Gasteiger partial charge in [0, 0.05) is 24.8 Å². The molecule has 0 spiro atoms. The molecule has 0 aliphatic heterocycles. The van der Waals surface area contributed by atoms with Crippen molar-refractivity contribution in [1.29, 1.82) is 0 Å². The summed E-state index contributed by atoms with van der Waals surface area (Å²) in [5.74, 6) is -0.360. The Morgan fingerprint density at radius 2 is 1.60 bits per heavy atom. The third-order valence-corrected chi connectivity index (χ3v) is 5.71. The summed E-state index contributed by atoms with van der Waals surface area (Å²) in [6.07, 6.45) is 0. The van der Waals surface area contributed by atoms with E-state index in [0.717, 1.165) is 0 Å². The first-order valence-electron chi connectivity index (χ1n) is 9.13. The van der Waals surface area contributed by atoms with Crippen LogP contribution in [0, 0.1) is 5.82 Å². The van der Waals surface area contributed by atoms with E-state index < -0.39 is 10.0 Å². The summed E-state index contributed by atoms with van der Waals surface area (Å²) < 4.78 is 46.5. The van der Waals surface area contributed by atoms with E-state index in [1.807, 2.05) is 0 Å². The van der Waals surface area contributed by atoms with Crippen LogP contribution in [0.3, 0.4) is 0 Å². The molecule has 0 unspecified atom stereocenters. The lowest BCUT2D eigenvalue weighted by molar-refractivity contribution is -0.132. The number of sulfonamides is 1. The summed E-state index contributed by atoms with van der Waals surface area (Å²) in [6.45, 7) is -0.128. The second-order valence-corrected chi connectivity index (χ2v) is 8.26. The molecule has 0 atom stereocenters. The molecule has 1 amide bonds. The predicted octanol–water partition coefficient (Wildman–Crippen LogP) is 3.66. The van der Waals surface area contributed by atoms with Gasteiger partial charge in [0.1, 0.15) is 11.6 Å². The van der Waals surface area contributed by atoms with Crippen molar-refractivity contribution in [2.45, 2.75) is 11.4 Å². The predicted molar refractivity (Wildman–Crippen MR) is 112 cm³/mol. The van der Waals surface area contributed by atoms with Crippen LogP contribution in [0.4, 0.5) is 10.1 Å². The SMILES string of the molecule is CN(Cc1ccccc1F)C(=O)COc1ccc(S(=O)(=O)Nc2ccccc2)cc1. The second-order valence-electron chi connectivity index (χ2n) is 6.57. The molecule has 6 nitrogen and oxygen atoms in total. The number of hydrogen-bond donors (Lipinski definition) is 1. The van der Waals surface area contributed by atoms with E-state index in [1.165, 1.54) is 35.2 Å². The first-order chi connectivity index (χ1) is 14.3. The lowest BCUT2D eigenvalue weighted by atomic mass is 10.2. The fraction of sp³-hybridized carbons (Fsp3) is 0.136. The van der Waals surface area contributed by atoms with Crippen LogP contribution in [0.25, 0.3) is 0 Å². The number of likely N-dealkylation sites (N-methyl/N-ethyl adjacent to an activating group) is 1. The highest BCUT2D eigenvalue weighted by Gasteiger charge is 2.15. The Morgan fingerprint density at radius 1 is 0.967 bits per heavy atom. The zero-order chi connectivity index (χ0) is 21.6. The molecule has 3 aromatic carbocycles. The molecule has 0 aromatic heterocycles. The van der Waals surface area contributed by atoms with Crippen molar-refractivity contribution in [1.82, 2.24) is 4.90 Å². The monoisotopic (exact) mass is 428 g/mol. The highest BCUT2D eigenvalue weighted by Crippen LogP contribution is 2.19. The number of para-hydroxylation sites is 1. The van der Waals surface area contributed by atoms with Crippen LogP contribution in [0.1, 0.15) is 5.56 Å². The number of carbonyl (C=O) groups excluding carboxylic acids is 1. The van der Waals surface area contributed by atoms with Gasteiger partial charge in [-0.3, -0.25) is 9.52 Å². The Hall–Kier alpha value is -3.39. The van der Waals surface area contributed by atoms with Gasteiger partial charge in [0.15, 0.2) is 6.61 Å². The number of nitrogens with one attached hydrogen (secondary N) is 1. The summed E-state index contributed by atoms with van der Waals surface area (Å²) in [7, 11) is -2.17. The van der Waals surface area contributed by atoms with E-state index >= 15 is 0 Å². The molecule has 0 saturated heterocycles. The van der Waals surface area contributed by atoms with Crippen molar-refractivity contribution in [2.24, 2.45) is 0 Å². The highest BCUT2D eigenvalue weighted by atomic mass is 32.2. The number of hydrogen-bond acceptors (Lipinski definition) is 4. The summed E-state index contributed by atoms with van der Waals surface area (Å²) in [5.41, 5.74) is 0.870. The van der Waals surface area contributed by atoms with Crippen LogP contribution in [-0.2, 0) is 21.4 Å². The molecule has 0 aliphatic rings. The van der Waals surface area contributed by atoms with Crippen molar-refractivity contribution in [3.05, 3.63) is 90.2 Å². The quantitative estimate of drug-likeness (QED) is 0.594. The maximum absolute atomic E-state index is 13.7. The number of carbonyl (C=O) groups is 1. The van der Waals surface area contributed by atoms with Gasteiger partial charge in [0.2, 0.25) is 0 Å². The van der Waals surface area contributed by atoms with Crippen molar-refractivity contribution in [3.8, 4) is 5.75 Å². The smallest absolute Gasteiger partial charge is 0.261 e. The molecule has 0 heterocycles. The molecule has 0 saturated carbocycles. The van der Waals surface area contributed by atoms with E-state index in [0.29, 0.717) is 17.0 Å². The van der Waals surface area contributed by atoms with Gasteiger partial charge >= 0.3 is 0 Å². The lowest BCUT2D eigenvalue weighted by Crippen LogP contribution is -2.31. The molecular formula is C22H21FN2O4S. The van der Waals surface area contributed by atoms with Crippen LogP contribution in [-0.4, -0.2) is 32.9 Å². The lowest BCUT2D eigenvalue weighted by Gasteiger charge is -2.18. The average Bonchev–Trinajstić information content (AvgIpc) is 2.74. The zero-order valence-corrected chi connectivity index (χ0v) is 17.1. The molecule has 0 aliphatic carbocycles. The molecule has 30 heavy (non-hydrogen) atoms. The third-order valence-electron chi connectivity index (χ3n) is 4.31. The summed E-state index contributed by atoms with van der Waals surface area (Å²) in [4.78, 5) is 13.7. The van der Waals surface area contributed by atoms with Gasteiger partial charge in [0.25, 0.3) is 15.9 Å². The summed E-state index contributed by atoms with van der Waals surface area (Å²) >= 11 is 0. The minimum absolute atomic E-state index is 0.0710. The number of rotatable bonds is 8. The molecule has 1 N–H and O–H groups in total. The summed E-state index contributed by atoms with van der Waals surface area (Å²) in [6, 6.07) is 20.5. The first-order valence-corrected chi connectivity index (χ1v) is 10.6. The van der Waals surface area contributed by atoms with Crippen molar-refractivity contribution < 1.29 is 22.3 Å². The van der Waals surface area contributed by atoms with Crippen molar-refractivity contribution in [2.75, 3.05) is 18.4 Å². The Labute approximate surface area is 175 Å². The van der Waals surface area contributed by atoms with Crippen molar-refractivity contribution in [3.63, 3.8) is 0 Å². The summed E-state index contributed by atoms with van der Waals surface area (Å²) in [5, 5.41) is 0. The fourth-order valence-corrected chi connectivity index (χ4v) is 3.72. The third kappa shape index (κ3) is 5.57. The molecule has 156 valence electrons. The fourth-order valence-electron chi connectivity index (χ4n) is 2.66. The maximum Gasteiger partial charge on any atom is 0.261 e. The highest BCUT2D eigenvalue weighted by molar-refractivity contribution is 7.92. The molecule has 0 bridgehead atoms. The van der Waals surface area contributed by atoms with Crippen LogP contribution in [0.15, 0.2) is 83.8 Å². The van der Waals surface area contributed by atoms with Crippen molar-refractivity contribution >= 4 is 21.6 Å². The van der Waals surface area contributed by atoms with E-state index in [1.54, 1.807) is 55.6 Å². The van der Waals surface area contributed by atoms with Crippen LogP contribution in [0.5, 0.6) is 5.75 Å². The molecule has 0 fully saturated rings. The average molecular weight is 428 g/mol. The molecule has 3 rings (SSSR count). The molecule has 0 radical (unpaired) electrons. The standard InChI is InChI=1S/C22H21FN2O4S/c1-25(15-17-7-5-6-10-21(17)23)22(26)16-29-19-11-13-20(14-12-19)30(27,28)24-18-8-3-2-4-9-18/h2-14,24H,15-16H2,1H3. The Balaban J connectivity index is 1.56. The van der Waals surface area contributed by atoms with Gasteiger partial charge in [-0.25, -0.2) is 12.8 Å². The minimum atomic E-state index is -3.73. The number of amides is 1. The molecule has 3 aromatic rings. The Bertz CT molecular complexity index is 1100. The Morgan fingerprint density at radius 3 is 2.27 bits per heavy atom. The topological polar surface area (TPSA) is 75.7 Å². The van der Waals surface area contributed by atoms with E-state index in [9.17, 15) is 17.6 Å². The minimum Gasteiger partial charge on any atom is -0.484 e.